The highest BCUT2D eigenvalue weighted by Gasteiger charge is 2.69. The summed E-state index contributed by atoms with van der Waals surface area (Å²) in [4.78, 5) is 51.3. The highest BCUT2D eigenvalue weighted by molar-refractivity contribution is 7.90. The van der Waals surface area contributed by atoms with E-state index >= 15 is 0 Å². The zero-order chi connectivity index (χ0) is 34.7. The summed E-state index contributed by atoms with van der Waals surface area (Å²) in [6.45, 7) is 21.1. The van der Waals surface area contributed by atoms with Gasteiger partial charge in [0.15, 0.2) is 29.2 Å². The Bertz CT molecular complexity index is 1620. The van der Waals surface area contributed by atoms with Gasteiger partial charge in [-0.25, -0.2) is 8.98 Å². The minimum absolute atomic E-state index is 0.219. The molecule has 2 aliphatic heterocycles. The van der Waals surface area contributed by atoms with Crippen molar-refractivity contribution in [2.24, 2.45) is 7.05 Å². The van der Waals surface area contributed by atoms with E-state index in [1.54, 1.807) is 0 Å². The van der Waals surface area contributed by atoms with E-state index in [-0.39, 0.29) is 11.3 Å². The fraction of sp³-hybridized carbons (Fsp3) is 0.714. The van der Waals surface area contributed by atoms with Crippen LogP contribution in [0.4, 0.5) is 0 Å². The van der Waals surface area contributed by atoms with E-state index in [0.29, 0.717) is 0 Å². The highest BCUT2D eigenvalue weighted by Crippen LogP contribution is 2.54. The average molecular weight is 690 g/mol. The molecule has 0 saturated carbocycles. The van der Waals surface area contributed by atoms with Gasteiger partial charge in [-0.05, 0) is 43.2 Å². The Morgan fingerprint density at radius 1 is 1.02 bits per heavy atom. The number of rotatable bonds is 8. The maximum atomic E-state index is 13.6. The quantitative estimate of drug-likeness (QED) is 0.184. The minimum atomic E-state index is -4.50. The van der Waals surface area contributed by atoms with Gasteiger partial charge in [-0.2, -0.15) is 8.42 Å². The molecule has 0 bridgehead atoms. The lowest BCUT2D eigenvalue weighted by Gasteiger charge is -2.45. The molecule has 3 rings (SSSR count). The van der Waals surface area contributed by atoms with E-state index in [0.717, 1.165) is 21.7 Å². The van der Waals surface area contributed by atoms with Crippen LogP contribution in [0.5, 0.6) is 0 Å². The van der Waals surface area contributed by atoms with Crippen molar-refractivity contribution < 1.29 is 40.5 Å². The lowest BCUT2D eigenvalue weighted by atomic mass is 9.93. The first kappa shape index (κ1) is 37.0. The molecule has 4 atom stereocenters. The van der Waals surface area contributed by atoms with Crippen LogP contribution in [-0.4, -0.2) is 71.2 Å². The van der Waals surface area contributed by atoms with Gasteiger partial charge in [0.1, 0.15) is 12.5 Å². The highest BCUT2D eigenvalue weighted by atomic mass is 32.2. The number of amides is 1. The second kappa shape index (κ2) is 12.0. The molecule has 17 heteroatoms. The van der Waals surface area contributed by atoms with Gasteiger partial charge in [0, 0.05) is 18.8 Å². The van der Waals surface area contributed by atoms with Gasteiger partial charge in [0.05, 0.1) is 18.2 Å². The smallest absolute Gasteiger partial charge is 0.332 e. The van der Waals surface area contributed by atoms with Crippen LogP contribution in [-0.2, 0) is 49.3 Å². The molecule has 254 valence electrons. The monoisotopic (exact) mass is 689 g/mol. The topological polar surface area (TPSA) is 170 Å². The summed E-state index contributed by atoms with van der Waals surface area (Å²) in [5, 5.41) is 2.45. The number of methoxy groups -OCH3 is 1. The van der Waals surface area contributed by atoms with Crippen LogP contribution in [0.15, 0.2) is 26.9 Å². The molecule has 3 heterocycles. The summed E-state index contributed by atoms with van der Waals surface area (Å²) < 4.78 is 59.4. The third kappa shape index (κ3) is 6.98. The Hall–Kier alpha value is -2.42. The number of hydrogen-bond donors (Lipinski definition) is 1. The van der Waals surface area contributed by atoms with Crippen LogP contribution in [0.1, 0.15) is 59.8 Å². The fourth-order valence-electron chi connectivity index (χ4n) is 4.47. The van der Waals surface area contributed by atoms with Crippen molar-refractivity contribution in [3.8, 4) is 0 Å². The van der Waals surface area contributed by atoms with Gasteiger partial charge in [-0.3, -0.25) is 23.5 Å². The lowest BCUT2D eigenvalue weighted by Crippen LogP contribution is -2.61. The van der Waals surface area contributed by atoms with Gasteiger partial charge in [-0.1, -0.05) is 41.5 Å². The molecule has 1 fully saturated rings. The molecule has 1 spiro atoms. The fourth-order valence-corrected chi connectivity index (χ4v) is 8.10. The van der Waals surface area contributed by atoms with E-state index in [9.17, 15) is 27.6 Å². The van der Waals surface area contributed by atoms with Crippen molar-refractivity contribution >= 4 is 38.6 Å². The number of carbonyl (C=O) groups is 2. The van der Waals surface area contributed by atoms with Gasteiger partial charge >= 0.3 is 11.7 Å². The summed E-state index contributed by atoms with van der Waals surface area (Å²) in [6, 6.07) is 0. The van der Waals surface area contributed by atoms with Crippen LogP contribution >= 0.6 is 0 Å². The van der Waals surface area contributed by atoms with Crippen molar-refractivity contribution in [1.82, 2.24) is 14.5 Å². The second-order valence-electron chi connectivity index (χ2n) is 14.6. The SMILES string of the molecule is COC(=O)CC(=O)NC1=CS(=O)(=O)OC12C(O[Si](C)(C)C(C)(C)C)O[C@@H](n1cc(C)c(=O)n(C)c1=O)C2O[Si](C)(C)C(C)(C)C. The number of carbonyl (C=O) groups excluding carboxylic acids is 2. The molecule has 0 aliphatic carbocycles. The second-order valence-corrected chi connectivity index (χ2v) is 25.5. The molecule has 1 aromatic heterocycles. The Morgan fingerprint density at radius 2 is 1.56 bits per heavy atom. The number of nitrogens with zero attached hydrogens (tertiary/aromatic N) is 2. The maximum absolute atomic E-state index is 13.6. The van der Waals surface area contributed by atoms with Crippen LogP contribution in [0.3, 0.4) is 0 Å². The Morgan fingerprint density at radius 3 is 2.07 bits per heavy atom. The van der Waals surface area contributed by atoms with Crippen molar-refractivity contribution in [2.45, 2.75) is 115 Å². The van der Waals surface area contributed by atoms with Crippen molar-refractivity contribution in [2.75, 3.05) is 7.11 Å². The van der Waals surface area contributed by atoms with Gasteiger partial charge in [-0.15, -0.1) is 0 Å². The first-order valence-electron chi connectivity index (χ1n) is 14.5. The largest absolute Gasteiger partial charge is 0.469 e. The summed E-state index contributed by atoms with van der Waals surface area (Å²) in [6.07, 6.45) is -3.69. The summed E-state index contributed by atoms with van der Waals surface area (Å²) in [7, 11) is -7.73. The number of hydrogen-bond acceptors (Lipinski definition) is 11. The molecular weight excluding hydrogens is 643 g/mol. The molecule has 2 aliphatic rings. The molecule has 14 nitrogen and oxygen atoms in total. The molecular formula is C28H47N3O11SSi2. The van der Waals surface area contributed by atoms with Crippen LogP contribution in [0.25, 0.3) is 0 Å². The van der Waals surface area contributed by atoms with Crippen LogP contribution in [0.2, 0.25) is 36.3 Å². The standard InChI is InChI=1S/C28H47N3O11SSi2/c1-17-15-31(25(35)30(8)22(17)34)23-21(40-44(10,11)26(2,3)4)28(24(39-23)41-45(12,13)27(5,6)7)18(16-43(36,37)42-28)29-19(32)14-20(33)38-9/h15-16,21,23-24H,14H2,1-13H3,(H,29,32)/t21?,23-,24?,28?/m1/s1. The summed E-state index contributed by atoms with van der Waals surface area (Å²) in [5.41, 5.74) is -3.49. The molecule has 1 amide bonds. The Balaban J connectivity index is 2.41. The predicted molar refractivity (Wildman–Crippen MR) is 171 cm³/mol. The molecule has 3 unspecified atom stereocenters. The van der Waals surface area contributed by atoms with Gasteiger partial charge in [0.2, 0.25) is 11.5 Å². The third-order valence-electron chi connectivity index (χ3n) is 9.23. The van der Waals surface area contributed by atoms with Crippen molar-refractivity contribution in [3.05, 3.63) is 43.7 Å². The van der Waals surface area contributed by atoms with Crippen molar-refractivity contribution in [1.29, 1.82) is 0 Å². The zero-order valence-electron chi connectivity index (χ0n) is 28.4. The van der Waals surface area contributed by atoms with E-state index in [1.165, 1.54) is 20.2 Å². The Kier molecular flexibility index (Phi) is 9.87. The summed E-state index contributed by atoms with van der Waals surface area (Å²) >= 11 is 0. The molecule has 45 heavy (non-hydrogen) atoms. The third-order valence-corrected chi connectivity index (χ3v) is 19.1. The average Bonchev–Trinajstić information content (AvgIpc) is 3.30. The number of nitrogens with one attached hydrogen (secondary N) is 1. The Labute approximate surface area is 266 Å². The van der Waals surface area contributed by atoms with E-state index in [4.69, 9.17) is 17.8 Å². The van der Waals surface area contributed by atoms with Gasteiger partial charge < -0.3 is 23.6 Å². The predicted octanol–water partition coefficient (Wildman–Crippen LogP) is 2.74. The van der Waals surface area contributed by atoms with Crippen LogP contribution < -0.4 is 16.6 Å². The first-order valence-corrected chi connectivity index (χ1v) is 21.8. The molecule has 0 aromatic carbocycles. The number of esters is 1. The minimum Gasteiger partial charge on any atom is -0.469 e. The molecule has 1 aromatic rings. The van der Waals surface area contributed by atoms with E-state index in [1.807, 2.05) is 67.7 Å². The molecule has 1 saturated heterocycles. The van der Waals surface area contributed by atoms with Gasteiger partial charge in [0.25, 0.3) is 15.7 Å². The number of aryl methyl sites for hydroxylation is 1. The normalized spacial score (nSPS) is 25.4. The van der Waals surface area contributed by atoms with E-state index < -0.39 is 90.6 Å². The first-order chi connectivity index (χ1) is 20.2. The molecule has 0 radical (unpaired) electrons. The molecule has 1 N–H and O–H groups in total. The number of aromatic nitrogens is 2. The van der Waals surface area contributed by atoms with E-state index in [2.05, 4.69) is 10.1 Å². The summed E-state index contributed by atoms with van der Waals surface area (Å²) in [5.74, 6) is -1.72. The zero-order valence-corrected chi connectivity index (χ0v) is 31.2. The maximum Gasteiger partial charge on any atom is 0.332 e. The number of ether oxygens (including phenoxy) is 2. The van der Waals surface area contributed by atoms with Crippen molar-refractivity contribution in [3.63, 3.8) is 0 Å². The lowest BCUT2D eigenvalue weighted by molar-refractivity contribution is -0.149. The van der Waals surface area contributed by atoms with Crippen LogP contribution in [0, 0.1) is 6.92 Å².